The third kappa shape index (κ3) is 6.51. The molecule has 29 heavy (non-hydrogen) atoms. The molecule has 0 spiro atoms. The number of nitrogens with one attached hydrogen (secondary N) is 1. The molecule has 1 aromatic rings. The average molecular weight is 405 g/mol. The van der Waals surface area contributed by atoms with Crippen LogP contribution in [0.2, 0.25) is 0 Å². The number of carbonyl (C=O) groups is 1. The van der Waals surface area contributed by atoms with Crippen molar-refractivity contribution in [2.45, 2.75) is 32.8 Å². The van der Waals surface area contributed by atoms with Crippen LogP contribution in [0.3, 0.4) is 0 Å². The maximum absolute atomic E-state index is 12.5. The Labute approximate surface area is 174 Å². The number of unbranched alkanes of at least 4 members (excludes halogenated alkanes) is 1. The van der Waals surface area contributed by atoms with E-state index in [0.29, 0.717) is 19.7 Å². The van der Waals surface area contributed by atoms with Crippen molar-refractivity contribution in [3.63, 3.8) is 0 Å². The summed E-state index contributed by atoms with van der Waals surface area (Å²) >= 11 is 0. The number of hydrogen-bond acceptors (Lipinski definition) is 5. The number of hydrogen-bond donors (Lipinski definition) is 1. The molecule has 1 fully saturated rings. The zero-order valence-electron chi connectivity index (χ0n) is 17.9. The minimum atomic E-state index is -0.141. The fourth-order valence-corrected chi connectivity index (χ4v) is 3.85. The van der Waals surface area contributed by atoms with Gasteiger partial charge in [-0.2, -0.15) is 0 Å². The minimum absolute atomic E-state index is 0.0217. The second-order valence-corrected chi connectivity index (χ2v) is 7.75. The van der Waals surface area contributed by atoms with E-state index >= 15 is 0 Å². The van der Waals surface area contributed by atoms with Crippen molar-refractivity contribution < 1.29 is 14.3 Å². The van der Waals surface area contributed by atoms with Gasteiger partial charge in [-0.1, -0.05) is 19.1 Å². The largest absolute Gasteiger partial charge is 0.486 e. The zero-order chi connectivity index (χ0) is 20.5. The molecule has 2 aliphatic rings. The number of amides is 2. The Kier molecular flexibility index (Phi) is 8.43. The molecule has 2 amide bonds. The number of urea groups is 1. The van der Waals surface area contributed by atoms with Crippen molar-refractivity contribution in [3.05, 3.63) is 24.3 Å². The van der Waals surface area contributed by atoms with Crippen LogP contribution in [0.5, 0.6) is 11.5 Å². The maximum Gasteiger partial charge on any atom is 0.317 e. The first kappa shape index (κ1) is 21.7. The van der Waals surface area contributed by atoms with Crippen LogP contribution in [-0.4, -0.2) is 92.3 Å². The third-order valence-corrected chi connectivity index (χ3v) is 5.75. The van der Waals surface area contributed by atoms with Gasteiger partial charge in [0.1, 0.15) is 6.61 Å². The van der Waals surface area contributed by atoms with Gasteiger partial charge in [-0.05, 0) is 45.0 Å². The Morgan fingerprint density at radius 3 is 2.55 bits per heavy atom. The number of nitrogens with zero attached hydrogens (tertiary/aromatic N) is 3. The summed E-state index contributed by atoms with van der Waals surface area (Å²) in [5.74, 6) is 1.52. The standard InChI is InChI=1S/C22H36N4O3/c1-3-24-13-15-25(16-14-24)12-8-7-11-23-22(27)26(4-2)17-19-18-28-20-9-5-6-10-21(20)29-19/h5-6,9-10,19H,3-4,7-8,11-18H2,1-2H3,(H,23,27). The number of para-hydroxylation sites is 2. The third-order valence-electron chi connectivity index (χ3n) is 5.75. The molecule has 1 aromatic carbocycles. The normalized spacial score (nSPS) is 19.7. The molecule has 2 aliphatic heterocycles. The fraction of sp³-hybridized carbons (Fsp3) is 0.682. The molecule has 0 radical (unpaired) electrons. The lowest BCUT2D eigenvalue weighted by Gasteiger charge is -2.34. The molecule has 0 saturated carbocycles. The molecule has 1 unspecified atom stereocenters. The van der Waals surface area contributed by atoms with Gasteiger partial charge in [-0.3, -0.25) is 0 Å². The summed E-state index contributed by atoms with van der Waals surface area (Å²) in [5.41, 5.74) is 0. The molecule has 2 heterocycles. The Balaban J connectivity index is 1.31. The summed E-state index contributed by atoms with van der Waals surface area (Å²) in [6.45, 7) is 13.5. The van der Waals surface area contributed by atoms with Crippen LogP contribution in [0.25, 0.3) is 0 Å². The Hall–Kier alpha value is -1.99. The summed E-state index contributed by atoms with van der Waals surface area (Å²) in [7, 11) is 0. The molecule has 1 atom stereocenters. The Bertz CT molecular complexity index is 634. The van der Waals surface area contributed by atoms with Crippen molar-refractivity contribution in [2.24, 2.45) is 0 Å². The second-order valence-electron chi connectivity index (χ2n) is 7.75. The molecule has 7 nitrogen and oxygen atoms in total. The smallest absolute Gasteiger partial charge is 0.317 e. The summed E-state index contributed by atoms with van der Waals surface area (Å²) in [6.07, 6.45) is 1.99. The van der Waals surface area contributed by atoms with Crippen LogP contribution in [0.4, 0.5) is 4.79 Å². The molecular weight excluding hydrogens is 368 g/mol. The molecule has 7 heteroatoms. The van der Waals surface area contributed by atoms with Gasteiger partial charge in [0.2, 0.25) is 0 Å². The Morgan fingerprint density at radius 2 is 1.83 bits per heavy atom. The molecule has 3 rings (SSSR count). The summed E-state index contributed by atoms with van der Waals surface area (Å²) in [5, 5.41) is 3.06. The quantitative estimate of drug-likeness (QED) is 0.640. The van der Waals surface area contributed by atoms with Crippen LogP contribution < -0.4 is 14.8 Å². The monoisotopic (exact) mass is 404 g/mol. The number of rotatable bonds is 9. The van der Waals surface area contributed by atoms with Crippen molar-refractivity contribution in [1.29, 1.82) is 0 Å². The van der Waals surface area contributed by atoms with Gasteiger partial charge < -0.3 is 29.5 Å². The SMILES string of the molecule is CCN1CCN(CCCCNC(=O)N(CC)CC2COc3ccccc3O2)CC1. The fourth-order valence-electron chi connectivity index (χ4n) is 3.85. The van der Waals surface area contributed by atoms with Gasteiger partial charge in [0, 0.05) is 39.3 Å². The minimum Gasteiger partial charge on any atom is -0.486 e. The van der Waals surface area contributed by atoms with Crippen LogP contribution in [0, 0.1) is 0 Å². The topological polar surface area (TPSA) is 57.3 Å². The Morgan fingerprint density at radius 1 is 1.10 bits per heavy atom. The van der Waals surface area contributed by atoms with Gasteiger partial charge in [-0.25, -0.2) is 4.79 Å². The van der Waals surface area contributed by atoms with E-state index < -0.39 is 0 Å². The molecule has 1 saturated heterocycles. The maximum atomic E-state index is 12.5. The van der Waals surface area contributed by atoms with E-state index in [1.807, 2.05) is 31.2 Å². The molecular formula is C22H36N4O3. The van der Waals surface area contributed by atoms with E-state index in [9.17, 15) is 4.79 Å². The van der Waals surface area contributed by atoms with Crippen LogP contribution in [-0.2, 0) is 0 Å². The second kappa shape index (κ2) is 11.3. The lowest BCUT2D eigenvalue weighted by Crippen LogP contribution is -2.47. The lowest BCUT2D eigenvalue weighted by molar-refractivity contribution is 0.0675. The highest BCUT2D eigenvalue weighted by atomic mass is 16.6. The highest BCUT2D eigenvalue weighted by Gasteiger charge is 2.24. The van der Waals surface area contributed by atoms with Crippen molar-refractivity contribution in [3.8, 4) is 11.5 Å². The van der Waals surface area contributed by atoms with Gasteiger partial charge in [0.05, 0.1) is 6.54 Å². The summed E-state index contributed by atoms with van der Waals surface area (Å²) in [4.78, 5) is 19.4. The van der Waals surface area contributed by atoms with E-state index in [0.717, 1.165) is 57.1 Å². The van der Waals surface area contributed by atoms with E-state index in [1.54, 1.807) is 4.90 Å². The predicted molar refractivity (Wildman–Crippen MR) is 115 cm³/mol. The van der Waals surface area contributed by atoms with E-state index in [1.165, 1.54) is 13.1 Å². The van der Waals surface area contributed by atoms with Gasteiger partial charge in [0.25, 0.3) is 0 Å². The van der Waals surface area contributed by atoms with E-state index in [4.69, 9.17) is 9.47 Å². The average Bonchev–Trinajstić information content (AvgIpc) is 2.77. The molecule has 162 valence electrons. The molecule has 0 bridgehead atoms. The number of fused-ring (bicyclic) bond motifs is 1. The lowest BCUT2D eigenvalue weighted by atomic mass is 10.2. The highest BCUT2D eigenvalue weighted by molar-refractivity contribution is 5.74. The van der Waals surface area contributed by atoms with Crippen LogP contribution in [0.15, 0.2) is 24.3 Å². The van der Waals surface area contributed by atoms with Gasteiger partial charge in [-0.15, -0.1) is 0 Å². The van der Waals surface area contributed by atoms with Gasteiger partial charge in [0.15, 0.2) is 17.6 Å². The van der Waals surface area contributed by atoms with Crippen molar-refractivity contribution in [2.75, 3.05) is 65.5 Å². The van der Waals surface area contributed by atoms with Crippen LogP contribution >= 0.6 is 0 Å². The summed E-state index contributed by atoms with van der Waals surface area (Å²) < 4.78 is 11.7. The molecule has 0 aliphatic carbocycles. The van der Waals surface area contributed by atoms with Crippen LogP contribution in [0.1, 0.15) is 26.7 Å². The summed E-state index contributed by atoms with van der Waals surface area (Å²) in [6, 6.07) is 7.64. The first-order chi connectivity index (χ1) is 14.2. The molecule has 0 aromatic heterocycles. The highest BCUT2D eigenvalue weighted by Crippen LogP contribution is 2.30. The van der Waals surface area contributed by atoms with Crippen molar-refractivity contribution >= 4 is 6.03 Å². The molecule has 1 N–H and O–H groups in total. The zero-order valence-corrected chi connectivity index (χ0v) is 17.9. The number of likely N-dealkylation sites (N-methyl/N-ethyl adjacent to an activating group) is 2. The number of benzene rings is 1. The first-order valence-corrected chi connectivity index (χ1v) is 11.1. The van der Waals surface area contributed by atoms with E-state index in [-0.39, 0.29) is 12.1 Å². The van der Waals surface area contributed by atoms with Crippen molar-refractivity contribution in [1.82, 2.24) is 20.0 Å². The van der Waals surface area contributed by atoms with E-state index in [2.05, 4.69) is 22.0 Å². The first-order valence-electron chi connectivity index (χ1n) is 11.1. The number of piperazine rings is 1. The number of ether oxygens (including phenoxy) is 2. The number of carbonyl (C=O) groups excluding carboxylic acids is 1. The van der Waals surface area contributed by atoms with Gasteiger partial charge >= 0.3 is 6.03 Å². The predicted octanol–water partition coefficient (Wildman–Crippen LogP) is 2.28.